The Kier molecular flexibility index (Phi) is 4.22. The van der Waals surface area contributed by atoms with Crippen molar-refractivity contribution in [2.75, 3.05) is 17.7 Å². The maximum atomic E-state index is 12.0. The maximum absolute atomic E-state index is 12.0. The van der Waals surface area contributed by atoms with Gasteiger partial charge in [0, 0.05) is 17.9 Å². The van der Waals surface area contributed by atoms with Gasteiger partial charge in [0.25, 0.3) is 5.91 Å². The summed E-state index contributed by atoms with van der Waals surface area (Å²) in [6.45, 7) is 0.0937. The number of amides is 1. The average Bonchev–Trinajstić information content (AvgIpc) is 2.44. The van der Waals surface area contributed by atoms with Gasteiger partial charge in [-0.1, -0.05) is 12.1 Å². The van der Waals surface area contributed by atoms with Gasteiger partial charge in [-0.3, -0.25) is 4.79 Å². The Morgan fingerprint density at radius 2 is 1.85 bits per heavy atom. The van der Waals surface area contributed by atoms with Gasteiger partial charge in [-0.25, -0.2) is 0 Å². The zero-order valence-corrected chi connectivity index (χ0v) is 10.8. The Balaban J connectivity index is 2.08. The first-order valence-corrected chi connectivity index (χ1v) is 6.20. The summed E-state index contributed by atoms with van der Waals surface area (Å²) in [5.41, 5.74) is 7.69. The SMILES string of the molecule is Nc1ccc(C(=O)Nc2ccc(CCO)cc2)cc1O. The van der Waals surface area contributed by atoms with Crippen LogP contribution in [0.15, 0.2) is 42.5 Å². The third-order valence-corrected chi connectivity index (χ3v) is 2.90. The molecule has 0 bridgehead atoms. The molecule has 0 atom stereocenters. The molecule has 0 unspecified atom stereocenters. The number of hydrogen-bond donors (Lipinski definition) is 4. The predicted molar refractivity (Wildman–Crippen MR) is 77.7 cm³/mol. The van der Waals surface area contributed by atoms with E-state index in [4.69, 9.17) is 10.8 Å². The van der Waals surface area contributed by atoms with Gasteiger partial charge in [0.1, 0.15) is 5.75 Å². The van der Waals surface area contributed by atoms with Crippen molar-refractivity contribution in [3.63, 3.8) is 0 Å². The second kappa shape index (κ2) is 6.08. The lowest BCUT2D eigenvalue weighted by Gasteiger charge is -2.07. The largest absolute Gasteiger partial charge is 0.506 e. The van der Waals surface area contributed by atoms with Crippen LogP contribution >= 0.6 is 0 Å². The third-order valence-electron chi connectivity index (χ3n) is 2.90. The number of aliphatic hydroxyl groups excluding tert-OH is 1. The standard InChI is InChI=1S/C15H16N2O3/c16-13-6-3-11(9-14(13)19)15(20)17-12-4-1-10(2-5-12)7-8-18/h1-6,9,18-19H,7-8,16H2,(H,17,20). The molecule has 1 amide bonds. The van der Waals surface area contributed by atoms with E-state index in [1.807, 2.05) is 12.1 Å². The van der Waals surface area contributed by atoms with Crippen LogP contribution in [0.2, 0.25) is 0 Å². The van der Waals surface area contributed by atoms with E-state index in [1.165, 1.54) is 12.1 Å². The molecule has 2 aromatic rings. The van der Waals surface area contributed by atoms with Gasteiger partial charge in [-0.15, -0.1) is 0 Å². The molecule has 5 heteroatoms. The number of carbonyl (C=O) groups excluding carboxylic acids is 1. The summed E-state index contributed by atoms with van der Waals surface area (Å²) < 4.78 is 0. The lowest BCUT2D eigenvalue weighted by molar-refractivity contribution is 0.102. The lowest BCUT2D eigenvalue weighted by Crippen LogP contribution is -2.11. The Hall–Kier alpha value is -2.53. The molecule has 2 rings (SSSR count). The average molecular weight is 272 g/mol. The van der Waals surface area contributed by atoms with Gasteiger partial charge < -0.3 is 21.3 Å². The summed E-state index contributed by atoms with van der Waals surface area (Å²) in [6.07, 6.45) is 0.583. The summed E-state index contributed by atoms with van der Waals surface area (Å²) >= 11 is 0. The van der Waals surface area contributed by atoms with E-state index in [1.54, 1.807) is 18.2 Å². The van der Waals surface area contributed by atoms with Crippen molar-refractivity contribution in [3.05, 3.63) is 53.6 Å². The highest BCUT2D eigenvalue weighted by Crippen LogP contribution is 2.21. The van der Waals surface area contributed by atoms with Crippen LogP contribution in [0.1, 0.15) is 15.9 Å². The fraction of sp³-hybridized carbons (Fsp3) is 0.133. The summed E-state index contributed by atoms with van der Waals surface area (Å²) in [6, 6.07) is 11.6. The first-order chi connectivity index (χ1) is 9.60. The molecule has 0 radical (unpaired) electrons. The summed E-state index contributed by atoms with van der Waals surface area (Å²) in [5.74, 6) is -0.439. The van der Waals surface area contributed by atoms with Crippen LogP contribution < -0.4 is 11.1 Å². The molecule has 0 aliphatic rings. The topological polar surface area (TPSA) is 95.6 Å². The smallest absolute Gasteiger partial charge is 0.255 e. The molecule has 0 spiro atoms. The fourth-order valence-electron chi connectivity index (χ4n) is 1.77. The van der Waals surface area contributed by atoms with Gasteiger partial charge in [0.2, 0.25) is 0 Å². The van der Waals surface area contributed by atoms with Crippen LogP contribution in [0.5, 0.6) is 5.75 Å². The number of aliphatic hydroxyl groups is 1. The normalized spacial score (nSPS) is 10.2. The number of nitrogen functional groups attached to an aromatic ring is 1. The zero-order valence-electron chi connectivity index (χ0n) is 10.8. The van der Waals surface area contributed by atoms with E-state index in [0.717, 1.165) is 5.56 Å². The van der Waals surface area contributed by atoms with Gasteiger partial charge in [-0.2, -0.15) is 0 Å². The molecule has 2 aromatic carbocycles. The van der Waals surface area contributed by atoms with E-state index < -0.39 is 0 Å². The molecule has 0 saturated carbocycles. The predicted octanol–water partition coefficient (Wildman–Crippen LogP) is 1.76. The first-order valence-electron chi connectivity index (χ1n) is 6.20. The second-order valence-electron chi connectivity index (χ2n) is 4.40. The molecule has 0 aliphatic heterocycles. The summed E-state index contributed by atoms with van der Waals surface area (Å²) in [7, 11) is 0. The third kappa shape index (κ3) is 3.27. The summed E-state index contributed by atoms with van der Waals surface area (Å²) in [4.78, 5) is 12.0. The number of phenols is 1. The summed E-state index contributed by atoms with van der Waals surface area (Å²) in [5, 5.41) is 21.0. The fourth-order valence-corrected chi connectivity index (χ4v) is 1.77. The minimum atomic E-state index is -0.324. The minimum Gasteiger partial charge on any atom is -0.506 e. The number of nitrogens with one attached hydrogen (secondary N) is 1. The Morgan fingerprint density at radius 1 is 1.15 bits per heavy atom. The molecule has 0 fully saturated rings. The number of hydrogen-bond acceptors (Lipinski definition) is 4. The molecule has 0 aromatic heterocycles. The molecule has 20 heavy (non-hydrogen) atoms. The highest BCUT2D eigenvalue weighted by molar-refractivity contribution is 6.04. The molecule has 5 N–H and O–H groups in total. The number of phenolic OH excluding ortho intramolecular Hbond substituents is 1. The van der Waals surface area contributed by atoms with E-state index in [9.17, 15) is 9.90 Å². The number of rotatable bonds is 4. The van der Waals surface area contributed by atoms with Crippen molar-refractivity contribution >= 4 is 17.3 Å². The first kappa shape index (κ1) is 13.9. The van der Waals surface area contributed by atoms with Crippen molar-refractivity contribution in [1.82, 2.24) is 0 Å². The molecular weight excluding hydrogens is 256 g/mol. The van der Waals surface area contributed by atoms with Gasteiger partial charge in [-0.05, 0) is 42.3 Å². The number of nitrogens with two attached hydrogens (primary N) is 1. The van der Waals surface area contributed by atoms with Crippen LogP contribution in [-0.4, -0.2) is 22.7 Å². The molecule has 5 nitrogen and oxygen atoms in total. The maximum Gasteiger partial charge on any atom is 0.255 e. The number of anilines is 2. The van der Waals surface area contributed by atoms with Gasteiger partial charge >= 0.3 is 0 Å². The highest BCUT2D eigenvalue weighted by atomic mass is 16.3. The van der Waals surface area contributed by atoms with E-state index in [-0.39, 0.29) is 24.0 Å². The molecule has 104 valence electrons. The molecule has 0 heterocycles. The van der Waals surface area contributed by atoms with Gasteiger partial charge in [0.15, 0.2) is 0 Å². The van der Waals surface area contributed by atoms with Crippen LogP contribution in [0.25, 0.3) is 0 Å². The Bertz CT molecular complexity index is 609. The molecule has 0 aliphatic carbocycles. The van der Waals surface area contributed by atoms with Gasteiger partial charge in [0.05, 0.1) is 5.69 Å². The number of aromatic hydroxyl groups is 1. The van der Waals surface area contributed by atoms with Crippen LogP contribution in [0, 0.1) is 0 Å². The van der Waals surface area contributed by atoms with Crippen molar-refractivity contribution in [2.24, 2.45) is 0 Å². The van der Waals surface area contributed by atoms with Crippen molar-refractivity contribution in [1.29, 1.82) is 0 Å². The molecular formula is C15H16N2O3. The minimum absolute atomic E-state index is 0.0937. The number of carbonyl (C=O) groups is 1. The van der Waals surface area contributed by atoms with Crippen LogP contribution in [0.3, 0.4) is 0 Å². The molecule has 0 saturated heterocycles. The zero-order chi connectivity index (χ0) is 14.5. The van der Waals surface area contributed by atoms with E-state index in [2.05, 4.69) is 5.32 Å². The number of benzene rings is 2. The van der Waals surface area contributed by atoms with E-state index in [0.29, 0.717) is 17.7 Å². The van der Waals surface area contributed by atoms with Crippen LogP contribution in [0.4, 0.5) is 11.4 Å². The highest BCUT2D eigenvalue weighted by Gasteiger charge is 2.08. The quantitative estimate of drug-likeness (QED) is 0.504. The lowest BCUT2D eigenvalue weighted by atomic mass is 10.1. The van der Waals surface area contributed by atoms with E-state index >= 15 is 0 Å². The van der Waals surface area contributed by atoms with Crippen molar-refractivity contribution in [2.45, 2.75) is 6.42 Å². The monoisotopic (exact) mass is 272 g/mol. The van der Waals surface area contributed by atoms with Crippen LogP contribution in [-0.2, 0) is 6.42 Å². The Morgan fingerprint density at radius 3 is 2.45 bits per heavy atom. The Labute approximate surface area is 116 Å². The van der Waals surface area contributed by atoms with Crippen molar-refractivity contribution in [3.8, 4) is 5.75 Å². The van der Waals surface area contributed by atoms with Crippen molar-refractivity contribution < 1.29 is 15.0 Å². The second-order valence-corrected chi connectivity index (χ2v) is 4.40.